The van der Waals surface area contributed by atoms with Crippen molar-refractivity contribution >= 4 is 6.03 Å². The van der Waals surface area contributed by atoms with Gasteiger partial charge in [-0.15, -0.1) is 0 Å². The average Bonchev–Trinajstić information content (AvgIpc) is 3.09. The summed E-state index contributed by atoms with van der Waals surface area (Å²) >= 11 is 0. The molecule has 0 saturated carbocycles. The summed E-state index contributed by atoms with van der Waals surface area (Å²) in [5.41, 5.74) is 0. The molecule has 0 bridgehead atoms. The predicted octanol–water partition coefficient (Wildman–Crippen LogP) is 1.18. The standard InChI is InChI=1S/C14H23N5O2/c1-10(2)13-16-12(21-17-13)9-18-6-3-11(4-7-18)19-8-5-15-14(19)20/h10-11H,3-9H2,1-2H3,(H,15,20). The summed E-state index contributed by atoms with van der Waals surface area (Å²) in [5.74, 6) is 1.76. The van der Waals surface area contributed by atoms with E-state index in [2.05, 4.69) is 34.2 Å². The minimum atomic E-state index is 0.0897. The zero-order valence-corrected chi connectivity index (χ0v) is 12.7. The highest BCUT2D eigenvalue weighted by Gasteiger charge is 2.30. The first-order valence-electron chi connectivity index (χ1n) is 7.73. The summed E-state index contributed by atoms with van der Waals surface area (Å²) in [5, 5.41) is 6.87. The number of urea groups is 1. The van der Waals surface area contributed by atoms with E-state index in [0.29, 0.717) is 24.4 Å². The minimum Gasteiger partial charge on any atom is -0.338 e. The van der Waals surface area contributed by atoms with E-state index < -0.39 is 0 Å². The van der Waals surface area contributed by atoms with Crippen LogP contribution in [0.15, 0.2) is 4.52 Å². The van der Waals surface area contributed by atoms with Crippen LogP contribution < -0.4 is 5.32 Å². The first-order chi connectivity index (χ1) is 10.1. The van der Waals surface area contributed by atoms with E-state index in [0.717, 1.165) is 44.8 Å². The average molecular weight is 293 g/mol. The lowest BCUT2D eigenvalue weighted by Crippen LogP contribution is -2.45. The van der Waals surface area contributed by atoms with Crippen molar-refractivity contribution in [2.75, 3.05) is 26.2 Å². The fourth-order valence-electron chi connectivity index (χ4n) is 2.98. The van der Waals surface area contributed by atoms with Gasteiger partial charge in [-0.2, -0.15) is 4.98 Å². The maximum atomic E-state index is 11.7. The number of nitrogens with one attached hydrogen (secondary N) is 1. The molecule has 0 radical (unpaired) electrons. The van der Waals surface area contributed by atoms with Gasteiger partial charge in [0.25, 0.3) is 0 Å². The molecule has 3 rings (SSSR count). The van der Waals surface area contributed by atoms with Crippen LogP contribution in [0, 0.1) is 0 Å². The Morgan fingerprint density at radius 3 is 2.67 bits per heavy atom. The highest BCUT2D eigenvalue weighted by atomic mass is 16.5. The Labute approximate surface area is 124 Å². The van der Waals surface area contributed by atoms with Crippen LogP contribution >= 0.6 is 0 Å². The van der Waals surface area contributed by atoms with Gasteiger partial charge in [0.05, 0.1) is 6.54 Å². The molecule has 21 heavy (non-hydrogen) atoms. The molecular weight excluding hydrogens is 270 g/mol. The molecule has 3 heterocycles. The van der Waals surface area contributed by atoms with Crippen molar-refractivity contribution in [3.8, 4) is 0 Å². The van der Waals surface area contributed by atoms with E-state index in [1.165, 1.54) is 0 Å². The van der Waals surface area contributed by atoms with Crippen molar-refractivity contribution in [3.63, 3.8) is 0 Å². The molecule has 0 aromatic carbocycles. The molecule has 2 aliphatic rings. The van der Waals surface area contributed by atoms with Crippen LogP contribution in [0.25, 0.3) is 0 Å². The summed E-state index contributed by atoms with van der Waals surface area (Å²) in [4.78, 5) is 20.4. The van der Waals surface area contributed by atoms with Gasteiger partial charge in [-0.25, -0.2) is 4.79 Å². The molecule has 116 valence electrons. The van der Waals surface area contributed by atoms with Gasteiger partial charge in [0.15, 0.2) is 5.82 Å². The lowest BCUT2D eigenvalue weighted by molar-refractivity contribution is 0.123. The maximum Gasteiger partial charge on any atom is 0.317 e. The maximum absolute atomic E-state index is 11.7. The number of aromatic nitrogens is 2. The van der Waals surface area contributed by atoms with E-state index in [4.69, 9.17) is 4.52 Å². The van der Waals surface area contributed by atoms with Crippen LogP contribution in [0.1, 0.15) is 44.3 Å². The Balaban J connectivity index is 1.50. The molecule has 0 aliphatic carbocycles. The second-order valence-corrected chi connectivity index (χ2v) is 6.13. The molecule has 2 fully saturated rings. The molecule has 7 nitrogen and oxygen atoms in total. The van der Waals surface area contributed by atoms with Gasteiger partial charge in [-0.3, -0.25) is 4.90 Å². The quantitative estimate of drug-likeness (QED) is 0.902. The zero-order valence-electron chi connectivity index (χ0n) is 12.7. The normalized spacial score (nSPS) is 21.3. The third-order valence-electron chi connectivity index (χ3n) is 4.25. The van der Waals surface area contributed by atoms with E-state index in [1.54, 1.807) is 0 Å². The molecule has 0 atom stereocenters. The van der Waals surface area contributed by atoms with E-state index in [1.807, 2.05) is 4.90 Å². The number of hydrogen-bond donors (Lipinski definition) is 1. The smallest absolute Gasteiger partial charge is 0.317 e. The van der Waals surface area contributed by atoms with Crippen LogP contribution in [0.3, 0.4) is 0 Å². The van der Waals surface area contributed by atoms with Crippen molar-refractivity contribution in [2.45, 2.75) is 45.2 Å². The first-order valence-corrected chi connectivity index (χ1v) is 7.73. The third kappa shape index (κ3) is 3.18. The number of likely N-dealkylation sites (tertiary alicyclic amines) is 1. The number of rotatable bonds is 4. The van der Waals surface area contributed by atoms with Gasteiger partial charge in [0.1, 0.15) is 0 Å². The lowest BCUT2D eigenvalue weighted by Gasteiger charge is -2.35. The Bertz CT molecular complexity index is 493. The second-order valence-electron chi connectivity index (χ2n) is 6.13. The summed E-state index contributed by atoms with van der Waals surface area (Å²) in [6, 6.07) is 0.463. The molecule has 2 aliphatic heterocycles. The lowest BCUT2D eigenvalue weighted by atomic mass is 10.0. The predicted molar refractivity (Wildman–Crippen MR) is 76.8 cm³/mol. The molecule has 2 saturated heterocycles. The van der Waals surface area contributed by atoms with Crippen LogP contribution in [-0.2, 0) is 6.54 Å². The Morgan fingerprint density at radius 1 is 1.33 bits per heavy atom. The summed E-state index contributed by atoms with van der Waals surface area (Å²) in [7, 11) is 0. The molecule has 1 N–H and O–H groups in total. The van der Waals surface area contributed by atoms with Crippen LogP contribution in [0.2, 0.25) is 0 Å². The van der Waals surface area contributed by atoms with Crippen molar-refractivity contribution < 1.29 is 9.32 Å². The SMILES string of the molecule is CC(C)c1noc(CN2CCC(N3CCNC3=O)CC2)n1. The molecule has 1 aromatic rings. The van der Waals surface area contributed by atoms with Crippen LogP contribution in [0.5, 0.6) is 0 Å². The van der Waals surface area contributed by atoms with Crippen LogP contribution in [0.4, 0.5) is 4.79 Å². The second kappa shape index (κ2) is 6.01. The molecule has 2 amide bonds. The highest BCUT2D eigenvalue weighted by molar-refractivity contribution is 5.76. The number of hydrogen-bond acceptors (Lipinski definition) is 5. The molecule has 7 heteroatoms. The number of nitrogens with zero attached hydrogens (tertiary/aromatic N) is 4. The van der Waals surface area contributed by atoms with E-state index >= 15 is 0 Å². The summed E-state index contributed by atoms with van der Waals surface area (Å²) < 4.78 is 5.30. The number of amides is 2. The third-order valence-corrected chi connectivity index (χ3v) is 4.25. The molecule has 0 spiro atoms. The van der Waals surface area contributed by atoms with Gasteiger partial charge >= 0.3 is 6.03 Å². The Hall–Kier alpha value is -1.63. The van der Waals surface area contributed by atoms with Crippen molar-refractivity contribution in [3.05, 3.63) is 11.7 Å². The molecule has 1 aromatic heterocycles. The fraction of sp³-hybridized carbons (Fsp3) is 0.786. The van der Waals surface area contributed by atoms with Crippen LogP contribution in [-0.4, -0.2) is 58.2 Å². The monoisotopic (exact) mass is 293 g/mol. The van der Waals surface area contributed by atoms with Crippen molar-refractivity contribution in [2.24, 2.45) is 0 Å². The van der Waals surface area contributed by atoms with Gasteiger partial charge < -0.3 is 14.7 Å². The van der Waals surface area contributed by atoms with Crippen molar-refractivity contribution in [1.82, 2.24) is 25.3 Å². The first kappa shape index (κ1) is 14.3. The fourth-order valence-corrected chi connectivity index (χ4v) is 2.98. The Kier molecular flexibility index (Phi) is 4.10. The molecule has 0 unspecified atom stereocenters. The van der Waals surface area contributed by atoms with Gasteiger partial charge in [0.2, 0.25) is 5.89 Å². The number of carbonyl (C=O) groups is 1. The van der Waals surface area contributed by atoms with Crippen molar-refractivity contribution in [1.29, 1.82) is 0 Å². The van der Waals surface area contributed by atoms with Gasteiger partial charge in [-0.05, 0) is 12.8 Å². The largest absolute Gasteiger partial charge is 0.338 e. The molecular formula is C14H23N5O2. The Morgan fingerprint density at radius 2 is 2.10 bits per heavy atom. The summed E-state index contributed by atoms with van der Waals surface area (Å²) in [6.07, 6.45) is 2.02. The minimum absolute atomic E-state index is 0.0897. The van der Waals surface area contributed by atoms with E-state index in [9.17, 15) is 4.79 Å². The number of piperidine rings is 1. The zero-order chi connectivity index (χ0) is 14.8. The van der Waals surface area contributed by atoms with Gasteiger partial charge in [-0.1, -0.05) is 19.0 Å². The van der Waals surface area contributed by atoms with Gasteiger partial charge in [0, 0.05) is 38.1 Å². The topological polar surface area (TPSA) is 74.5 Å². The number of carbonyl (C=O) groups excluding carboxylic acids is 1. The highest BCUT2D eigenvalue weighted by Crippen LogP contribution is 2.20. The summed E-state index contributed by atoms with van der Waals surface area (Å²) in [6.45, 7) is 8.37. The van der Waals surface area contributed by atoms with E-state index in [-0.39, 0.29) is 6.03 Å².